The Balaban J connectivity index is 1.58. The molecule has 0 radical (unpaired) electrons. The number of benzene rings is 2. The van der Waals surface area contributed by atoms with Gasteiger partial charge in [-0.3, -0.25) is 0 Å². The minimum absolute atomic E-state index is 0.166. The van der Waals surface area contributed by atoms with E-state index in [1.807, 2.05) is 0 Å². The number of likely N-dealkylation sites (N-methyl/N-ethyl adjacent to an activating group) is 2. The van der Waals surface area contributed by atoms with E-state index < -0.39 is 0 Å². The van der Waals surface area contributed by atoms with E-state index in [4.69, 9.17) is 4.99 Å². The largest absolute Gasteiger partial charge is 0.369 e. The normalized spacial score (nSPS) is 22.0. The van der Waals surface area contributed by atoms with E-state index in [0.29, 0.717) is 5.92 Å². The Morgan fingerprint density at radius 3 is 2.00 bits per heavy atom. The Hall–Kier alpha value is -1.41. The number of anilines is 2. The first-order valence-electron chi connectivity index (χ1n) is 11.7. The lowest BCUT2D eigenvalue weighted by Crippen LogP contribution is -2.44. The molecule has 0 spiro atoms. The van der Waals surface area contributed by atoms with E-state index in [1.165, 1.54) is 32.0 Å². The van der Waals surface area contributed by atoms with Gasteiger partial charge in [0.2, 0.25) is 0 Å². The number of nitrogens with zero attached hydrogens (tertiary/aromatic N) is 5. The summed E-state index contributed by atoms with van der Waals surface area (Å²) in [6, 6.07) is 11.7. The summed E-state index contributed by atoms with van der Waals surface area (Å²) in [7, 11) is 4.26. The highest BCUT2D eigenvalue weighted by Crippen LogP contribution is 2.49. The Labute approximate surface area is 201 Å². The second kappa shape index (κ2) is 9.09. The summed E-state index contributed by atoms with van der Waals surface area (Å²) in [4.78, 5) is 16.4. The molecule has 0 saturated carbocycles. The summed E-state index contributed by atoms with van der Waals surface area (Å²) >= 11 is 4.12. The minimum Gasteiger partial charge on any atom is -0.369 e. The minimum atomic E-state index is -0.166. The molecule has 0 N–H and O–H groups in total. The van der Waals surface area contributed by atoms with Crippen LogP contribution < -0.4 is 15.2 Å². The molecule has 5 rings (SSSR count). The van der Waals surface area contributed by atoms with Crippen LogP contribution in [0.4, 0.5) is 17.1 Å². The van der Waals surface area contributed by atoms with Crippen molar-refractivity contribution < 1.29 is 0 Å². The quantitative estimate of drug-likeness (QED) is 0.563. The first-order valence-corrected chi connectivity index (χ1v) is 14.8. The van der Waals surface area contributed by atoms with E-state index in [1.54, 1.807) is 0 Å². The van der Waals surface area contributed by atoms with Crippen molar-refractivity contribution in [1.29, 1.82) is 0 Å². The molecule has 2 saturated heterocycles. The van der Waals surface area contributed by atoms with Crippen LogP contribution in [-0.2, 0) is 0 Å². The highest BCUT2D eigenvalue weighted by Gasteiger charge is 2.23. The van der Waals surface area contributed by atoms with Crippen LogP contribution in [0.25, 0.3) is 0 Å². The van der Waals surface area contributed by atoms with E-state index in [0.717, 1.165) is 57.7 Å². The fourth-order valence-corrected chi connectivity index (χ4v) is 7.63. The van der Waals surface area contributed by atoms with Crippen molar-refractivity contribution in [1.82, 2.24) is 9.80 Å². The van der Waals surface area contributed by atoms with Crippen LogP contribution in [0, 0.1) is 4.51 Å². The second-order valence-electron chi connectivity index (χ2n) is 9.64. The van der Waals surface area contributed by atoms with Gasteiger partial charge in [0, 0.05) is 73.1 Å². The maximum atomic E-state index is 5.20. The molecule has 172 valence electrons. The summed E-state index contributed by atoms with van der Waals surface area (Å²) in [5, 5.41) is 1.12. The van der Waals surface area contributed by atoms with Crippen LogP contribution in [0.1, 0.15) is 25.3 Å². The van der Waals surface area contributed by atoms with Crippen molar-refractivity contribution in [3.8, 4) is 0 Å². The van der Waals surface area contributed by atoms with Gasteiger partial charge in [0.15, 0.2) is 0 Å². The molecule has 7 heteroatoms. The maximum Gasteiger partial charge on any atom is 0.0813 e. The van der Waals surface area contributed by atoms with Crippen LogP contribution in [-0.4, -0.2) is 76.3 Å². The summed E-state index contributed by atoms with van der Waals surface area (Å²) in [5.74, 6) is 0.440. The standard InChI is InChI=1S/C25H34BrN5S/c1-18(2)21-15-20(31-13-9-29(4)10-14-31)17-24-25(21)27-22-6-5-19(16-23(22)32(24)26)30-11-7-28(3)8-12-30/h5-6,15-18H,7-14H2,1-4H3. The van der Waals surface area contributed by atoms with E-state index in [9.17, 15) is 0 Å². The molecule has 0 bridgehead atoms. The predicted octanol–water partition coefficient (Wildman–Crippen LogP) is 4.47. The average Bonchev–Trinajstić information content (AvgIpc) is 2.79. The molecule has 1 atom stereocenters. The summed E-state index contributed by atoms with van der Waals surface area (Å²) in [6.45, 7) is 13.4. The number of hydrogen-bond acceptors (Lipinski definition) is 5. The highest BCUT2D eigenvalue weighted by molar-refractivity contribution is 9.52. The van der Waals surface area contributed by atoms with Gasteiger partial charge in [-0.25, -0.2) is 4.99 Å². The number of fused-ring (bicyclic) bond motifs is 2. The zero-order valence-corrected chi connectivity index (χ0v) is 22.0. The van der Waals surface area contributed by atoms with E-state index in [2.05, 4.69) is 92.7 Å². The molecule has 3 aliphatic heterocycles. The van der Waals surface area contributed by atoms with Crippen molar-refractivity contribution in [3.63, 3.8) is 0 Å². The molecule has 0 aromatic heterocycles. The first kappa shape index (κ1) is 22.4. The average molecular weight is 517 g/mol. The molecule has 1 unspecified atom stereocenters. The van der Waals surface area contributed by atoms with Crippen LogP contribution in [0.15, 0.2) is 40.2 Å². The molecular weight excluding hydrogens is 482 g/mol. The SMILES string of the molecule is CC(C)c1cc(N2CCN(C)CC2)cc2c1N=c1ccc(N3CCN(C)CC3)cc1=S2Br. The third-order valence-electron chi connectivity index (χ3n) is 7.01. The van der Waals surface area contributed by atoms with Gasteiger partial charge in [0.25, 0.3) is 0 Å². The van der Waals surface area contributed by atoms with Crippen molar-refractivity contribution in [3.05, 3.63) is 45.8 Å². The molecular formula is C25H34BrN5S. The summed E-state index contributed by atoms with van der Waals surface area (Å²) in [6.07, 6.45) is 0. The van der Waals surface area contributed by atoms with Gasteiger partial charge < -0.3 is 19.6 Å². The van der Waals surface area contributed by atoms with Crippen molar-refractivity contribution in [2.75, 3.05) is 76.3 Å². The molecule has 32 heavy (non-hydrogen) atoms. The van der Waals surface area contributed by atoms with Gasteiger partial charge >= 0.3 is 0 Å². The zero-order chi connectivity index (χ0) is 22.4. The Kier molecular flexibility index (Phi) is 6.36. The Morgan fingerprint density at radius 2 is 1.41 bits per heavy atom. The third-order valence-corrected chi connectivity index (χ3v) is 10.5. The predicted molar refractivity (Wildman–Crippen MR) is 141 cm³/mol. The van der Waals surface area contributed by atoms with Gasteiger partial charge in [0.1, 0.15) is 0 Å². The molecule has 5 nitrogen and oxygen atoms in total. The van der Waals surface area contributed by atoms with Crippen molar-refractivity contribution in [2.45, 2.75) is 24.7 Å². The van der Waals surface area contributed by atoms with Crippen LogP contribution in [0.5, 0.6) is 0 Å². The molecule has 3 aliphatic rings. The number of halogens is 1. The smallest absolute Gasteiger partial charge is 0.0813 e. The molecule has 2 aromatic rings. The van der Waals surface area contributed by atoms with Crippen LogP contribution in [0.3, 0.4) is 0 Å². The maximum absolute atomic E-state index is 5.20. The first-order chi connectivity index (χ1) is 15.4. The Morgan fingerprint density at radius 1 is 0.812 bits per heavy atom. The van der Waals surface area contributed by atoms with Crippen molar-refractivity contribution in [2.24, 2.45) is 4.99 Å². The highest BCUT2D eigenvalue weighted by atomic mass is 79.9. The fourth-order valence-electron chi connectivity index (χ4n) is 4.80. The topological polar surface area (TPSA) is 25.3 Å². The van der Waals surface area contributed by atoms with Gasteiger partial charge in [-0.15, -0.1) is 0 Å². The molecule has 0 amide bonds. The van der Waals surface area contributed by atoms with E-state index >= 15 is 0 Å². The summed E-state index contributed by atoms with van der Waals surface area (Å²) in [5.41, 5.74) is 5.22. The lowest BCUT2D eigenvalue weighted by Gasteiger charge is -2.35. The molecule has 0 aliphatic carbocycles. The molecule has 3 heterocycles. The van der Waals surface area contributed by atoms with Crippen molar-refractivity contribution >= 4 is 40.8 Å². The Bertz CT molecular complexity index is 1130. The number of piperazine rings is 2. The zero-order valence-electron chi connectivity index (χ0n) is 19.6. The second-order valence-corrected chi connectivity index (χ2v) is 13.0. The number of rotatable bonds is 3. The van der Waals surface area contributed by atoms with E-state index in [-0.39, 0.29) is 8.92 Å². The molecule has 2 fully saturated rings. The lowest BCUT2D eigenvalue weighted by molar-refractivity contribution is 0.313. The van der Waals surface area contributed by atoms with Gasteiger partial charge in [-0.2, -0.15) is 0 Å². The van der Waals surface area contributed by atoms with Gasteiger partial charge in [0.05, 0.1) is 11.0 Å². The lowest BCUT2D eigenvalue weighted by atomic mass is 9.99. The third kappa shape index (κ3) is 4.25. The van der Waals surface area contributed by atoms with Crippen LogP contribution in [0.2, 0.25) is 0 Å². The number of hydrogen-bond donors (Lipinski definition) is 0. The van der Waals surface area contributed by atoms with Gasteiger partial charge in [-0.1, -0.05) is 22.8 Å². The molecule has 2 aromatic carbocycles. The fraction of sp³-hybridized carbons (Fsp3) is 0.520. The van der Waals surface area contributed by atoms with Gasteiger partial charge in [-0.05, 0) is 70.7 Å². The summed E-state index contributed by atoms with van der Waals surface area (Å²) < 4.78 is 1.32. The monoisotopic (exact) mass is 515 g/mol. The van der Waals surface area contributed by atoms with Crippen LogP contribution >= 0.6 is 23.7 Å².